The highest BCUT2D eigenvalue weighted by Gasteiger charge is 2.54. The first-order chi connectivity index (χ1) is 55.9. The third kappa shape index (κ3) is 18.6. The average Bonchev–Trinajstić information content (AvgIpc) is 1.58. The molecule has 0 radical (unpaired) electrons. The minimum absolute atomic E-state index is 0.00701. The Bertz CT molecular complexity index is 4520. The number of aliphatic hydroxyl groups excluding tert-OH is 5. The van der Waals surface area contributed by atoms with Crippen LogP contribution < -0.4 is 16.0 Å². The van der Waals surface area contributed by atoms with Crippen LogP contribution in [0.25, 0.3) is 27.9 Å². The summed E-state index contributed by atoms with van der Waals surface area (Å²) in [6.07, 6.45) is 17.7. The number of halogens is 6. The van der Waals surface area contributed by atoms with Crippen LogP contribution in [0.15, 0.2) is 89.5 Å². The van der Waals surface area contributed by atoms with E-state index in [4.69, 9.17) is 93.3 Å². The van der Waals surface area contributed by atoms with Crippen molar-refractivity contribution >= 4 is 127 Å². The van der Waals surface area contributed by atoms with Crippen molar-refractivity contribution < 1.29 is 73.2 Å². The van der Waals surface area contributed by atoms with E-state index < -0.39 is 22.0 Å². The molecule has 5 fully saturated rings. The van der Waals surface area contributed by atoms with Gasteiger partial charge in [-0.2, -0.15) is 0 Å². The Morgan fingerprint density at radius 2 is 0.695 bits per heavy atom. The highest BCUT2D eigenvalue weighted by molar-refractivity contribution is 6.44. The van der Waals surface area contributed by atoms with Crippen LogP contribution in [0.1, 0.15) is 219 Å². The van der Waals surface area contributed by atoms with Gasteiger partial charge >= 0.3 is 0 Å². The predicted molar refractivity (Wildman–Crippen MR) is 469 cm³/mol. The molecular weight excluding hydrogens is 1620 g/mol. The minimum atomic E-state index is -0.762. The zero-order valence-corrected chi connectivity index (χ0v) is 75.0. The van der Waals surface area contributed by atoms with Crippen molar-refractivity contribution in [3.8, 4) is 0 Å². The summed E-state index contributed by atoms with van der Waals surface area (Å²) in [5.41, 5.74) is 11.4. The van der Waals surface area contributed by atoms with Crippen molar-refractivity contribution in [2.24, 2.45) is 28.6 Å². The van der Waals surface area contributed by atoms with Gasteiger partial charge in [0, 0.05) is 105 Å². The largest absolute Gasteiger partial charge is 0.511 e. The topological polar surface area (TPSA) is 269 Å². The molecule has 5 aromatic carbocycles. The minimum Gasteiger partial charge on any atom is -0.511 e. The quantitative estimate of drug-likeness (QED) is 0.0545. The normalized spacial score (nSPS) is 27.4. The number of ether oxygens (including phenoxy) is 5. The zero-order chi connectivity index (χ0) is 86.0. The number of Topliss-reactive ketones (excluding diaryl/α,β-unsaturated/α-hetero) is 2. The van der Waals surface area contributed by atoms with Crippen molar-refractivity contribution in [2.75, 3.05) is 55.4 Å². The first-order valence-corrected chi connectivity index (χ1v) is 43.5. The average molecular weight is 1740 g/mol. The van der Waals surface area contributed by atoms with E-state index in [1.165, 1.54) is 5.56 Å². The van der Waals surface area contributed by atoms with Crippen LogP contribution in [0.5, 0.6) is 0 Å². The lowest BCUT2D eigenvalue weighted by molar-refractivity contribution is -0.117. The Hall–Kier alpha value is -6.91. The monoisotopic (exact) mass is 1740 g/mol. The van der Waals surface area contributed by atoms with Crippen LogP contribution in [-0.2, 0) is 47.7 Å². The summed E-state index contributed by atoms with van der Waals surface area (Å²) in [7, 11) is 8.55. The van der Waals surface area contributed by atoms with Gasteiger partial charge in [-0.25, -0.2) is 0 Å². The second kappa shape index (κ2) is 37.8. The molecule has 18 nitrogen and oxygen atoms in total. The SMILES string of the molecule is COC1CCC2(CC1)NC(=O)C(c1c(Cl)cc(Cl)c(C)c1Cl)=C2O.COC1CCC2(CC1)NC(=O)C(c1cc(C)ccc1C)=C2O.COCC1CCC2(CC1)CC(=O)C(c1c(C)cc(Cl)cc1C)=C2O.COCC1CCC2(CC1)CC(=O)C(c1c(C)cc(Cl)cc1Cl)=C2O.COCC1CCC2(CC1)NC(=O)C(c1c(C)cc(C)cc1C)=C2O. The van der Waals surface area contributed by atoms with Gasteiger partial charge < -0.3 is 65.2 Å². The van der Waals surface area contributed by atoms with Gasteiger partial charge in [0.1, 0.15) is 28.8 Å². The maximum Gasteiger partial charge on any atom is 0.256 e. The maximum absolute atomic E-state index is 12.8. The van der Waals surface area contributed by atoms with E-state index in [-0.39, 0.29) is 85.6 Å². The van der Waals surface area contributed by atoms with Gasteiger partial charge in [0.15, 0.2) is 11.6 Å². The number of hydrogen-bond acceptors (Lipinski definition) is 15. The molecule has 8 N–H and O–H groups in total. The molecule has 3 amide bonds. The third-order valence-corrected chi connectivity index (χ3v) is 28.8. The van der Waals surface area contributed by atoms with Gasteiger partial charge in [-0.1, -0.05) is 111 Å². The van der Waals surface area contributed by atoms with Crippen LogP contribution in [0, 0.1) is 90.9 Å². The van der Waals surface area contributed by atoms with Gasteiger partial charge in [0.25, 0.3) is 17.7 Å². The third-order valence-electron chi connectivity index (χ3n) is 26.9. The molecule has 0 unspecified atom stereocenters. The number of hydrogen-bond donors (Lipinski definition) is 8. The number of aliphatic hydroxyl groups is 5. The summed E-state index contributed by atoms with van der Waals surface area (Å²) < 4.78 is 26.5. The number of ketones is 2. The van der Waals surface area contributed by atoms with E-state index in [2.05, 4.69) is 28.1 Å². The van der Waals surface area contributed by atoms with Gasteiger partial charge in [0.05, 0.1) is 71.8 Å². The van der Waals surface area contributed by atoms with Crippen molar-refractivity contribution in [3.05, 3.63) is 197 Å². The fraction of sp³-hybridized carbons (Fsp3) is 0.521. The fourth-order valence-corrected chi connectivity index (χ4v) is 22.2. The molecule has 5 saturated carbocycles. The van der Waals surface area contributed by atoms with Crippen molar-refractivity contribution in [1.82, 2.24) is 16.0 Å². The second-order valence-electron chi connectivity index (χ2n) is 34.8. The summed E-state index contributed by atoms with van der Waals surface area (Å²) in [6, 6.07) is 18.8. The van der Waals surface area contributed by atoms with Crippen LogP contribution in [-0.4, -0.2) is 139 Å². The van der Waals surface area contributed by atoms with Gasteiger partial charge in [-0.05, 0) is 294 Å². The molecule has 24 heteroatoms. The molecule has 7 aliphatic carbocycles. The molecule has 638 valence electrons. The number of benzene rings is 5. The molecule has 10 aliphatic rings. The fourth-order valence-electron chi connectivity index (χ4n) is 20.3. The molecule has 3 heterocycles. The Balaban J connectivity index is 0.000000145. The molecule has 0 atom stereocenters. The highest BCUT2D eigenvalue weighted by atomic mass is 35.5. The van der Waals surface area contributed by atoms with E-state index in [0.717, 1.165) is 191 Å². The van der Waals surface area contributed by atoms with Crippen molar-refractivity contribution in [3.63, 3.8) is 0 Å². The summed E-state index contributed by atoms with van der Waals surface area (Å²) in [4.78, 5) is 63.3. The summed E-state index contributed by atoms with van der Waals surface area (Å²) >= 11 is 37.2. The van der Waals surface area contributed by atoms with Gasteiger partial charge in [0.2, 0.25) is 0 Å². The van der Waals surface area contributed by atoms with Crippen LogP contribution in [0.3, 0.4) is 0 Å². The molecule has 3 aliphatic heterocycles. The summed E-state index contributed by atoms with van der Waals surface area (Å²) in [6.45, 7) is 19.8. The molecule has 0 saturated heterocycles. The zero-order valence-electron chi connectivity index (χ0n) is 70.4. The predicted octanol–water partition coefficient (Wildman–Crippen LogP) is 21.7. The molecule has 5 aromatic rings. The van der Waals surface area contributed by atoms with Crippen molar-refractivity contribution in [2.45, 2.75) is 232 Å². The number of rotatable bonds is 13. The number of methoxy groups -OCH3 is 5. The van der Waals surface area contributed by atoms with Crippen molar-refractivity contribution in [1.29, 1.82) is 0 Å². The molecule has 15 rings (SSSR count). The van der Waals surface area contributed by atoms with E-state index in [1.54, 1.807) is 60.7 Å². The molecule has 5 spiro atoms. The number of aryl methyl sites for hydroxylation is 8. The van der Waals surface area contributed by atoms with E-state index >= 15 is 0 Å². The molecule has 118 heavy (non-hydrogen) atoms. The van der Waals surface area contributed by atoms with Gasteiger partial charge in [-0.3, -0.25) is 24.0 Å². The summed E-state index contributed by atoms with van der Waals surface area (Å²) in [5.74, 6) is 1.89. The number of nitrogens with one attached hydrogen (secondary N) is 3. The smallest absolute Gasteiger partial charge is 0.256 e. The lowest BCUT2D eigenvalue weighted by Crippen LogP contribution is -2.48. The number of amides is 3. The Kier molecular flexibility index (Phi) is 29.4. The Morgan fingerprint density at radius 3 is 1.10 bits per heavy atom. The molecule has 0 bridgehead atoms. The first-order valence-electron chi connectivity index (χ1n) is 41.2. The standard InChI is InChI=1S/C20H25ClO3.C20H27NO3.C19H22Cl2O3.C18H23NO3.C17H18Cl3NO3/c1-12-8-15(21)9-13(2)17(12)18-16(22)10-20(19(18)23)6-4-14(5-7-20)11-24-3;1-12-9-13(2)16(14(3)10-12)17-18(22)20(21-19(17)23)7-5-15(6-8-20)11-24-4;1-11-7-13(20)8-14(21)16(11)17-15(22)9-19(18(17)23)5-3-12(4-6-19)10-24-2;1-11-4-5-12(2)14(10-11)15-16(20)18(19-17(15)21)8-6-13(22-3)7-9-18;1-8-10(18)7-11(19)12(14(8)20)13-15(22)17(21-16(13)23)5-3-9(24-2)4-6-17/h8-9,14,23H,4-7,10-11H2,1-3H3;9-10,15,22H,5-8,11H2,1-4H3,(H,21,23);7-8,12,23H,3-6,9-10H2,1-2H3;4-5,10,13,20H,6-9H2,1-3H3,(H,19,21);7,9,22H,3-6H2,1-2H3,(H,21,23). The first kappa shape index (κ1) is 91.8. The van der Waals surface area contributed by atoms with Crippen LogP contribution >= 0.6 is 69.6 Å². The molecule has 0 aromatic heterocycles. The Labute approximate surface area is 724 Å². The van der Waals surface area contributed by atoms with Crippen LogP contribution in [0.4, 0.5) is 0 Å². The van der Waals surface area contributed by atoms with E-state index in [9.17, 15) is 49.5 Å². The Morgan fingerprint density at radius 1 is 0.356 bits per heavy atom. The maximum atomic E-state index is 12.8. The second-order valence-corrected chi connectivity index (χ2v) is 37.3. The number of carbonyl (C=O) groups is 5. The highest BCUT2D eigenvalue weighted by Crippen LogP contribution is 2.57. The lowest BCUT2D eigenvalue weighted by Gasteiger charge is -2.37. The summed E-state index contributed by atoms with van der Waals surface area (Å²) in [5, 5.41) is 66.3. The van der Waals surface area contributed by atoms with E-state index in [0.29, 0.717) is 108 Å². The van der Waals surface area contributed by atoms with E-state index in [1.807, 2.05) is 85.7 Å². The lowest BCUT2D eigenvalue weighted by atomic mass is 9.69. The van der Waals surface area contributed by atoms with Gasteiger partial charge in [-0.15, -0.1) is 0 Å². The number of allylic oxidation sites excluding steroid dienone is 4. The molecular formula is C94H115Cl6N3O15. The number of carbonyl (C=O) groups excluding carboxylic acids is 5. The van der Waals surface area contributed by atoms with Crippen LogP contribution in [0.2, 0.25) is 30.1 Å².